The van der Waals surface area contributed by atoms with Crippen LogP contribution in [-0.2, 0) is 10.2 Å². The summed E-state index contributed by atoms with van der Waals surface area (Å²) in [4.78, 5) is 13.3. The van der Waals surface area contributed by atoms with Gasteiger partial charge in [-0.05, 0) is 56.2 Å². The molecule has 2 heterocycles. The molecule has 2 aliphatic heterocycles. The van der Waals surface area contributed by atoms with Gasteiger partial charge >= 0.3 is 0 Å². The minimum absolute atomic E-state index is 0.246. The van der Waals surface area contributed by atoms with Crippen LogP contribution in [0.15, 0.2) is 24.3 Å². The summed E-state index contributed by atoms with van der Waals surface area (Å²) in [5.74, 6) is 0.246. The maximum Gasteiger partial charge on any atom is 0.230 e. The van der Waals surface area contributed by atoms with Crippen molar-refractivity contribution in [3.63, 3.8) is 0 Å². The van der Waals surface area contributed by atoms with E-state index < -0.39 is 0 Å². The summed E-state index contributed by atoms with van der Waals surface area (Å²) < 4.78 is 0. The molecule has 130 valence electrons. The number of benzene rings is 1. The number of fused-ring (bicyclic) bond motifs is 2. The van der Waals surface area contributed by atoms with Gasteiger partial charge in [-0.15, -0.1) is 0 Å². The molecule has 2 atom stereocenters. The van der Waals surface area contributed by atoms with Crippen LogP contribution in [0.2, 0.25) is 5.02 Å². The van der Waals surface area contributed by atoms with Crippen molar-refractivity contribution in [2.24, 2.45) is 0 Å². The number of amides is 1. The van der Waals surface area contributed by atoms with Gasteiger partial charge in [-0.2, -0.15) is 0 Å². The molecule has 3 fully saturated rings. The summed E-state index contributed by atoms with van der Waals surface area (Å²) in [7, 11) is 0. The number of carbonyl (C=O) groups excluding carboxylic acids is 1. The van der Waals surface area contributed by atoms with Gasteiger partial charge in [0.1, 0.15) is 0 Å². The first-order valence-corrected chi connectivity index (χ1v) is 9.87. The third kappa shape index (κ3) is 3.09. The Kier molecular flexibility index (Phi) is 4.57. The Hall–Kier alpha value is -1.06. The lowest BCUT2D eigenvalue weighted by atomic mass is 9.68. The Morgan fingerprint density at radius 1 is 1.04 bits per heavy atom. The van der Waals surface area contributed by atoms with E-state index in [0.29, 0.717) is 18.1 Å². The molecule has 1 amide bonds. The fourth-order valence-corrected chi connectivity index (χ4v) is 5.20. The van der Waals surface area contributed by atoms with E-state index in [1.54, 1.807) is 0 Å². The Bertz CT molecular complexity index is 582. The lowest BCUT2D eigenvalue weighted by Gasteiger charge is -2.39. The number of nitrogens with one attached hydrogen (secondary N) is 2. The van der Waals surface area contributed by atoms with Gasteiger partial charge in [0, 0.05) is 23.1 Å². The smallest absolute Gasteiger partial charge is 0.230 e. The van der Waals surface area contributed by atoms with Gasteiger partial charge in [0.15, 0.2) is 0 Å². The van der Waals surface area contributed by atoms with Crippen molar-refractivity contribution in [2.75, 3.05) is 0 Å². The average Bonchev–Trinajstić information content (AvgIpc) is 2.94. The fraction of sp³-hybridized carbons (Fsp3) is 0.650. The number of halogens is 1. The van der Waals surface area contributed by atoms with E-state index in [1.165, 1.54) is 19.3 Å². The maximum atomic E-state index is 13.3. The lowest BCUT2D eigenvalue weighted by molar-refractivity contribution is -0.129. The first kappa shape index (κ1) is 16.4. The summed E-state index contributed by atoms with van der Waals surface area (Å²) >= 11 is 6.06. The molecule has 4 heteroatoms. The van der Waals surface area contributed by atoms with E-state index >= 15 is 0 Å². The maximum absolute atomic E-state index is 13.3. The molecular weight excluding hydrogens is 320 g/mol. The molecule has 2 N–H and O–H groups in total. The van der Waals surface area contributed by atoms with Crippen molar-refractivity contribution in [2.45, 2.75) is 81.3 Å². The summed E-state index contributed by atoms with van der Waals surface area (Å²) in [6.45, 7) is 0. The normalized spacial score (nSPS) is 31.6. The van der Waals surface area contributed by atoms with Gasteiger partial charge in [0.25, 0.3) is 0 Å². The standard InChI is InChI=1S/C20H27ClN2O/c21-15-6-4-14(5-7-15)20(10-2-1-3-11-20)19(24)23-18-12-16-8-9-17(13-18)22-16/h4-7,16-18,22H,1-3,8-13H2,(H,23,24). The number of hydrogen-bond acceptors (Lipinski definition) is 2. The van der Waals surface area contributed by atoms with Gasteiger partial charge in [0.05, 0.1) is 5.41 Å². The minimum Gasteiger partial charge on any atom is -0.352 e. The van der Waals surface area contributed by atoms with Crippen LogP contribution in [-0.4, -0.2) is 24.0 Å². The Morgan fingerprint density at radius 3 is 2.29 bits per heavy atom. The minimum atomic E-state index is -0.354. The monoisotopic (exact) mass is 346 g/mol. The van der Waals surface area contributed by atoms with E-state index in [-0.39, 0.29) is 11.3 Å². The molecule has 0 aromatic heterocycles. The van der Waals surface area contributed by atoms with Crippen molar-refractivity contribution in [3.8, 4) is 0 Å². The highest BCUT2D eigenvalue weighted by Gasteiger charge is 2.43. The quantitative estimate of drug-likeness (QED) is 0.870. The molecular formula is C20H27ClN2O. The van der Waals surface area contributed by atoms with Crippen LogP contribution < -0.4 is 10.6 Å². The SMILES string of the molecule is O=C(NC1CC2CCC(C1)N2)C1(c2ccc(Cl)cc2)CCCCC1. The zero-order valence-electron chi connectivity index (χ0n) is 14.2. The highest BCUT2D eigenvalue weighted by Crippen LogP contribution is 2.40. The number of rotatable bonds is 3. The summed E-state index contributed by atoms with van der Waals surface area (Å²) in [5.41, 5.74) is 0.785. The molecule has 3 nitrogen and oxygen atoms in total. The Balaban J connectivity index is 1.54. The molecule has 2 unspecified atom stereocenters. The fourth-order valence-electron chi connectivity index (χ4n) is 5.07. The van der Waals surface area contributed by atoms with Crippen molar-refractivity contribution in [1.29, 1.82) is 0 Å². The van der Waals surface area contributed by atoms with E-state index in [0.717, 1.165) is 49.1 Å². The molecule has 4 rings (SSSR count). The average molecular weight is 347 g/mol. The van der Waals surface area contributed by atoms with Crippen LogP contribution in [0.3, 0.4) is 0 Å². The van der Waals surface area contributed by atoms with Crippen molar-refractivity contribution in [3.05, 3.63) is 34.9 Å². The van der Waals surface area contributed by atoms with Crippen LogP contribution in [0.5, 0.6) is 0 Å². The third-order valence-electron chi connectivity index (χ3n) is 6.35. The number of hydrogen-bond donors (Lipinski definition) is 2. The van der Waals surface area contributed by atoms with Gasteiger partial charge in [-0.1, -0.05) is 43.0 Å². The van der Waals surface area contributed by atoms with E-state index in [4.69, 9.17) is 11.6 Å². The summed E-state index contributed by atoms with van der Waals surface area (Å²) in [5, 5.41) is 7.82. The molecule has 2 bridgehead atoms. The Morgan fingerprint density at radius 2 is 1.67 bits per heavy atom. The second kappa shape index (κ2) is 6.68. The Labute approximate surface area is 149 Å². The van der Waals surface area contributed by atoms with Crippen LogP contribution >= 0.6 is 11.6 Å². The van der Waals surface area contributed by atoms with Crippen molar-refractivity contribution < 1.29 is 4.79 Å². The molecule has 3 aliphatic rings. The topological polar surface area (TPSA) is 41.1 Å². The molecule has 0 radical (unpaired) electrons. The second-order valence-electron chi connectivity index (χ2n) is 7.93. The van der Waals surface area contributed by atoms with E-state index in [2.05, 4.69) is 22.8 Å². The second-order valence-corrected chi connectivity index (χ2v) is 8.37. The van der Waals surface area contributed by atoms with Crippen molar-refractivity contribution >= 4 is 17.5 Å². The zero-order chi connectivity index (χ0) is 16.6. The highest BCUT2D eigenvalue weighted by atomic mass is 35.5. The summed E-state index contributed by atoms with van der Waals surface area (Å²) in [6.07, 6.45) is 10.1. The first-order valence-electron chi connectivity index (χ1n) is 9.49. The lowest BCUT2D eigenvalue weighted by Crippen LogP contribution is -2.53. The van der Waals surface area contributed by atoms with E-state index in [9.17, 15) is 4.79 Å². The van der Waals surface area contributed by atoms with E-state index in [1.807, 2.05) is 12.1 Å². The van der Waals surface area contributed by atoms with Crippen LogP contribution in [0.25, 0.3) is 0 Å². The van der Waals surface area contributed by atoms with Crippen LogP contribution in [0.1, 0.15) is 63.4 Å². The van der Waals surface area contributed by atoms with Gasteiger partial charge in [-0.3, -0.25) is 4.79 Å². The third-order valence-corrected chi connectivity index (χ3v) is 6.60. The summed E-state index contributed by atoms with van der Waals surface area (Å²) in [6, 6.07) is 9.50. The van der Waals surface area contributed by atoms with Crippen LogP contribution in [0.4, 0.5) is 0 Å². The largest absolute Gasteiger partial charge is 0.352 e. The van der Waals surface area contributed by atoms with Gasteiger partial charge in [-0.25, -0.2) is 0 Å². The molecule has 24 heavy (non-hydrogen) atoms. The molecule has 2 saturated heterocycles. The highest BCUT2D eigenvalue weighted by molar-refractivity contribution is 6.30. The molecule has 1 aliphatic carbocycles. The molecule has 1 aromatic carbocycles. The van der Waals surface area contributed by atoms with Crippen molar-refractivity contribution in [1.82, 2.24) is 10.6 Å². The zero-order valence-corrected chi connectivity index (χ0v) is 14.9. The predicted molar refractivity (Wildman–Crippen MR) is 97.3 cm³/mol. The molecule has 1 saturated carbocycles. The number of piperidine rings is 1. The van der Waals surface area contributed by atoms with Gasteiger partial charge < -0.3 is 10.6 Å². The van der Waals surface area contributed by atoms with Crippen LogP contribution in [0, 0.1) is 0 Å². The number of carbonyl (C=O) groups is 1. The van der Waals surface area contributed by atoms with Gasteiger partial charge in [0.2, 0.25) is 5.91 Å². The predicted octanol–water partition coefficient (Wildman–Crippen LogP) is 3.94. The first-order chi connectivity index (χ1) is 11.7. The molecule has 1 aromatic rings. The molecule has 0 spiro atoms.